The SMILES string of the molecule is NC(c1cccc2c1OCC2)C1COCCO1. The van der Waals surface area contributed by atoms with E-state index in [0.717, 1.165) is 24.3 Å². The van der Waals surface area contributed by atoms with Gasteiger partial charge in [0, 0.05) is 12.0 Å². The summed E-state index contributed by atoms with van der Waals surface area (Å²) in [5, 5.41) is 0. The molecule has 17 heavy (non-hydrogen) atoms. The summed E-state index contributed by atoms with van der Waals surface area (Å²) in [5.74, 6) is 0.953. The lowest BCUT2D eigenvalue weighted by atomic mass is 9.98. The predicted molar refractivity (Wildman–Crippen MR) is 63.1 cm³/mol. The van der Waals surface area contributed by atoms with E-state index < -0.39 is 0 Å². The third kappa shape index (κ3) is 2.04. The second-order valence-electron chi connectivity index (χ2n) is 4.44. The highest BCUT2D eigenvalue weighted by atomic mass is 16.6. The Balaban J connectivity index is 1.85. The zero-order valence-electron chi connectivity index (χ0n) is 9.72. The summed E-state index contributed by atoms with van der Waals surface area (Å²) in [4.78, 5) is 0. The van der Waals surface area contributed by atoms with Gasteiger partial charge < -0.3 is 19.9 Å². The highest BCUT2D eigenvalue weighted by Crippen LogP contribution is 2.34. The van der Waals surface area contributed by atoms with Crippen molar-refractivity contribution in [1.29, 1.82) is 0 Å². The highest BCUT2D eigenvalue weighted by molar-refractivity contribution is 5.45. The molecule has 1 aromatic carbocycles. The maximum Gasteiger partial charge on any atom is 0.127 e. The average Bonchev–Trinajstić information content (AvgIpc) is 2.87. The van der Waals surface area contributed by atoms with Gasteiger partial charge in [-0.2, -0.15) is 0 Å². The lowest BCUT2D eigenvalue weighted by molar-refractivity contribution is -0.0977. The fraction of sp³-hybridized carbons (Fsp3) is 0.538. The standard InChI is InChI=1S/C13H17NO3/c14-12(11-8-15-6-7-16-11)10-3-1-2-9-4-5-17-13(9)10/h1-3,11-12H,4-8,14H2. The Morgan fingerprint density at radius 1 is 1.24 bits per heavy atom. The number of hydrogen-bond acceptors (Lipinski definition) is 4. The summed E-state index contributed by atoms with van der Waals surface area (Å²) < 4.78 is 16.7. The van der Waals surface area contributed by atoms with E-state index in [9.17, 15) is 0 Å². The number of nitrogens with two attached hydrogens (primary N) is 1. The summed E-state index contributed by atoms with van der Waals surface area (Å²) in [5.41, 5.74) is 8.54. The van der Waals surface area contributed by atoms with Crippen LogP contribution in [0.1, 0.15) is 17.2 Å². The minimum absolute atomic E-state index is 0.0700. The third-order valence-electron chi connectivity index (χ3n) is 3.35. The molecular weight excluding hydrogens is 218 g/mol. The van der Waals surface area contributed by atoms with Crippen LogP contribution in [0.15, 0.2) is 18.2 Å². The Kier molecular flexibility index (Phi) is 3.01. The van der Waals surface area contributed by atoms with Crippen molar-refractivity contribution in [3.8, 4) is 5.75 Å². The van der Waals surface area contributed by atoms with Crippen LogP contribution < -0.4 is 10.5 Å². The molecular formula is C13H17NO3. The zero-order valence-corrected chi connectivity index (χ0v) is 9.72. The second-order valence-corrected chi connectivity index (χ2v) is 4.44. The molecule has 0 aliphatic carbocycles. The van der Waals surface area contributed by atoms with E-state index in [4.69, 9.17) is 19.9 Å². The van der Waals surface area contributed by atoms with Gasteiger partial charge in [-0.1, -0.05) is 18.2 Å². The average molecular weight is 235 g/mol. The number of ether oxygens (including phenoxy) is 3. The number of hydrogen-bond donors (Lipinski definition) is 1. The molecule has 0 aromatic heterocycles. The number of rotatable bonds is 2. The van der Waals surface area contributed by atoms with Gasteiger partial charge in [0.15, 0.2) is 0 Å². The van der Waals surface area contributed by atoms with Crippen molar-refractivity contribution in [1.82, 2.24) is 0 Å². The van der Waals surface area contributed by atoms with Crippen LogP contribution in [0.3, 0.4) is 0 Å². The smallest absolute Gasteiger partial charge is 0.127 e. The van der Waals surface area contributed by atoms with Gasteiger partial charge in [0.25, 0.3) is 0 Å². The van der Waals surface area contributed by atoms with Crippen LogP contribution in [0.25, 0.3) is 0 Å². The van der Waals surface area contributed by atoms with E-state index in [-0.39, 0.29) is 12.1 Å². The maximum atomic E-state index is 6.26. The first-order chi connectivity index (χ1) is 8.36. The number of para-hydroxylation sites is 1. The predicted octanol–water partition coefficient (Wildman–Crippen LogP) is 1.04. The van der Waals surface area contributed by atoms with Crippen molar-refractivity contribution in [3.63, 3.8) is 0 Å². The third-order valence-corrected chi connectivity index (χ3v) is 3.35. The molecule has 0 spiro atoms. The van der Waals surface area contributed by atoms with Gasteiger partial charge in [-0.15, -0.1) is 0 Å². The Morgan fingerprint density at radius 2 is 2.18 bits per heavy atom. The monoisotopic (exact) mass is 235 g/mol. The van der Waals surface area contributed by atoms with Crippen molar-refractivity contribution in [2.45, 2.75) is 18.6 Å². The fourth-order valence-electron chi connectivity index (χ4n) is 2.42. The van der Waals surface area contributed by atoms with Crippen LogP contribution in [0.4, 0.5) is 0 Å². The second kappa shape index (κ2) is 4.64. The zero-order chi connectivity index (χ0) is 11.7. The van der Waals surface area contributed by atoms with Gasteiger partial charge in [-0.3, -0.25) is 0 Å². The van der Waals surface area contributed by atoms with Gasteiger partial charge in [0.2, 0.25) is 0 Å². The minimum Gasteiger partial charge on any atom is -0.493 e. The molecule has 0 radical (unpaired) electrons. The maximum absolute atomic E-state index is 6.26. The largest absolute Gasteiger partial charge is 0.493 e. The fourth-order valence-corrected chi connectivity index (χ4v) is 2.42. The molecule has 0 bridgehead atoms. The Morgan fingerprint density at radius 3 is 3.00 bits per heavy atom. The van der Waals surface area contributed by atoms with E-state index in [1.54, 1.807) is 0 Å². The summed E-state index contributed by atoms with van der Waals surface area (Å²) in [6, 6.07) is 5.97. The molecule has 2 atom stereocenters. The molecule has 4 nitrogen and oxygen atoms in total. The Labute approximate surface area is 101 Å². The minimum atomic E-state index is -0.177. The Bertz CT molecular complexity index is 402. The molecule has 4 heteroatoms. The van der Waals surface area contributed by atoms with E-state index >= 15 is 0 Å². The number of benzene rings is 1. The van der Waals surface area contributed by atoms with Crippen LogP contribution in [0.5, 0.6) is 5.75 Å². The van der Waals surface area contributed by atoms with E-state index in [1.165, 1.54) is 5.56 Å². The summed E-state index contributed by atoms with van der Waals surface area (Å²) >= 11 is 0. The van der Waals surface area contributed by atoms with Crippen LogP contribution in [0, 0.1) is 0 Å². The molecule has 1 fully saturated rings. The summed E-state index contributed by atoms with van der Waals surface area (Å²) in [6.45, 7) is 2.59. The van der Waals surface area contributed by atoms with Crippen molar-refractivity contribution >= 4 is 0 Å². The first-order valence-electron chi connectivity index (χ1n) is 6.06. The lowest BCUT2D eigenvalue weighted by Crippen LogP contribution is -2.37. The molecule has 2 aliphatic heterocycles. The van der Waals surface area contributed by atoms with Crippen LogP contribution in [0.2, 0.25) is 0 Å². The van der Waals surface area contributed by atoms with E-state index in [2.05, 4.69) is 6.07 Å². The van der Waals surface area contributed by atoms with Gasteiger partial charge in [-0.05, 0) is 5.56 Å². The molecule has 2 heterocycles. The summed E-state index contributed by atoms with van der Waals surface area (Å²) in [6.07, 6.45) is 0.900. The van der Waals surface area contributed by atoms with Crippen LogP contribution in [-0.2, 0) is 15.9 Å². The topological polar surface area (TPSA) is 53.7 Å². The van der Waals surface area contributed by atoms with Crippen molar-refractivity contribution < 1.29 is 14.2 Å². The van der Waals surface area contributed by atoms with Crippen molar-refractivity contribution in [2.24, 2.45) is 5.73 Å². The summed E-state index contributed by atoms with van der Waals surface area (Å²) in [7, 11) is 0. The van der Waals surface area contributed by atoms with Gasteiger partial charge in [0.1, 0.15) is 11.9 Å². The Hall–Kier alpha value is -1.10. The van der Waals surface area contributed by atoms with Crippen LogP contribution in [-0.4, -0.2) is 32.5 Å². The van der Waals surface area contributed by atoms with E-state index in [1.807, 2.05) is 12.1 Å². The van der Waals surface area contributed by atoms with Crippen molar-refractivity contribution in [3.05, 3.63) is 29.3 Å². The van der Waals surface area contributed by atoms with Gasteiger partial charge in [-0.25, -0.2) is 0 Å². The highest BCUT2D eigenvalue weighted by Gasteiger charge is 2.28. The molecule has 1 saturated heterocycles. The molecule has 2 unspecified atom stereocenters. The molecule has 1 aromatic rings. The van der Waals surface area contributed by atoms with E-state index in [0.29, 0.717) is 19.8 Å². The molecule has 2 N–H and O–H groups in total. The molecule has 0 amide bonds. The molecule has 0 saturated carbocycles. The normalized spacial score (nSPS) is 25.1. The van der Waals surface area contributed by atoms with Gasteiger partial charge in [0.05, 0.1) is 32.5 Å². The first kappa shape index (κ1) is 11.0. The van der Waals surface area contributed by atoms with Crippen molar-refractivity contribution in [2.75, 3.05) is 26.4 Å². The van der Waals surface area contributed by atoms with Gasteiger partial charge >= 0.3 is 0 Å². The quantitative estimate of drug-likeness (QED) is 0.832. The molecule has 2 aliphatic rings. The molecule has 3 rings (SSSR count). The lowest BCUT2D eigenvalue weighted by Gasteiger charge is -2.28. The van der Waals surface area contributed by atoms with Crippen LogP contribution >= 0.6 is 0 Å². The first-order valence-corrected chi connectivity index (χ1v) is 6.06. The molecule has 92 valence electrons. The number of fused-ring (bicyclic) bond motifs is 1.